The lowest BCUT2D eigenvalue weighted by atomic mass is 10.1. The summed E-state index contributed by atoms with van der Waals surface area (Å²) < 4.78 is 39.0. The van der Waals surface area contributed by atoms with Gasteiger partial charge in [0.25, 0.3) is 0 Å². The Morgan fingerprint density at radius 1 is 1.43 bits per heavy atom. The van der Waals surface area contributed by atoms with Crippen molar-refractivity contribution in [2.75, 3.05) is 18.8 Å². The number of nitrogen functional groups attached to an aromatic ring is 1. The quantitative estimate of drug-likeness (QED) is 0.847. The Balaban J connectivity index is 2.03. The van der Waals surface area contributed by atoms with E-state index >= 15 is 0 Å². The molecule has 116 valence electrons. The number of aryl methyl sites for hydroxylation is 1. The first-order valence-electron chi connectivity index (χ1n) is 6.53. The minimum atomic E-state index is -4.31. The summed E-state index contributed by atoms with van der Waals surface area (Å²) in [4.78, 5) is 13.5. The Bertz CT molecular complexity index is 589. The molecule has 0 saturated heterocycles. The summed E-state index contributed by atoms with van der Waals surface area (Å²) in [6.07, 6.45) is -3.41. The van der Waals surface area contributed by atoms with E-state index in [9.17, 15) is 18.0 Å². The van der Waals surface area contributed by atoms with Crippen LogP contribution in [-0.4, -0.2) is 39.9 Å². The molecule has 8 heteroatoms. The van der Waals surface area contributed by atoms with Gasteiger partial charge in [0.15, 0.2) is 0 Å². The second-order valence-electron chi connectivity index (χ2n) is 5.06. The van der Waals surface area contributed by atoms with Crippen molar-refractivity contribution >= 4 is 11.6 Å². The molecule has 2 rings (SSSR count). The average Bonchev–Trinajstić information content (AvgIpc) is 2.65. The minimum absolute atomic E-state index is 0.0148. The topological polar surface area (TPSA) is 64.2 Å². The molecular weight excluding hydrogens is 285 g/mol. The molecule has 0 fully saturated rings. The van der Waals surface area contributed by atoms with Gasteiger partial charge in [0, 0.05) is 18.7 Å². The first-order valence-corrected chi connectivity index (χ1v) is 6.53. The zero-order valence-corrected chi connectivity index (χ0v) is 11.9. The molecule has 21 heavy (non-hydrogen) atoms. The number of carbonyl (C=O) groups excluding carboxylic acids is 1. The SMILES string of the molecule is Cc1nn(CC(=O)N2CC=C(C(F)(F)F)CC2)c(C)c1N. The molecule has 0 aromatic carbocycles. The molecule has 1 amide bonds. The number of alkyl halides is 3. The van der Waals surface area contributed by atoms with E-state index < -0.39 is 11.7 Å². The Morgan fingerprint density at radius 2 is 2.10 bits per heavy atom. The fraction of sp³-hybridized carbons (Fsp3) is 0.538. The maximum absolute atomic E-state index is 12.5. The molecule has 1 aliphatic heterocycles. The molecular formula is C13H17F3N4O. The van der Waals surface area contributed by atoms with Crippen LogP contribution in [0, 0.1) is 13.8 Å². The van der Waals surface area contributed by atoms with Gasteiger partial charge in [-0.2, -0.15) is 18.3 Å². The van der Waals surface area contributed by atoms with Crippen molar-refractivity contribution in [3.8, 4) is 0 Å². The van der Waals surface area contributed by atoms with Crippen molar-refractivity contribution < 1.29 is 18.0 Å². The molecule has 0 saturated carbocycles. The number of nitrogens with zero attached hydrogens (tertiary/aromatic N) is 3. The van der Waals surface area contributed by atoms with E-state index in [-0.39, 0.29) is 32.0 Å². The zero-order valence-electron chi connectivity index (χ0n) is 11.9. The van der Waals surface area contributed by atoms with Gasteiger partial charge in [-0.3, -0.25) is 9.48 Å². The Hall–Kier alpha value is -1.99. The first-order chi connectivity index (χ1) is 9.70. The zero-order chi connectivity index (χ0) is 15.8. The second-order valence-corrected chi connectivity index (χ2v) is 5.06. The molecule has 1 aromatic heterocycles. The van der Waals surface area contributed by atoms with Crippen molar-refractivity contribution in [3.63, 3.8) is 0 Å². The molecule has 0 atom stereocenters. The van der Waals surface area contributed by atoms with E-state index in [1.807, 2.05) is 0 Å². The summed E-state index contributed by atoms with van der Waals surface area (Å²) in [5.74, 6) is -0.266. The third kappa shape index (κ3) is 3.20. The van der Waals surface area contributed by atoms with Crippen LogP contribution in [-0.2, 0) is 11.3 Å². The van der Waals surface area contributed by atoms with Crippen LogP contribution in [0.15, 0.2) is 11.6 Å². The van der Waals surface area contributed by atoms with Crippen molar-refractivity contribution in [3.05, 3.63) is 23.0 Å². The van der Waals surface area contributed by atoms with Crippen LogP contribution in [0.3, 0.4) is 0 Å². The summed E-state index contributed by atoms with van der Waals surface area (Å²) in [5.41, 5.74) is 7.06. The van der Waals surface area contributed by atoms with Crippen LogP contribution < -0.4 is 5.73 Å². The minimum Gasteiger partial charge on any atom is -0.396 e. The summed E-state index contributed by atoms with van der Waals surface area (Å²) in [5, 5.41) is 4.15. The standard InChI is InChI=1S/C13H17F3N4O/c1-8-12(17)9(2)20(18-8)7-11(21)19-5-3-10(4-6-19)13(14,15)16/h3H,4-7,17H2,1-2H3. The number of hydrogen-bond donors (Lipinski definition) is 1. The predicted molar refractivity (Wildman–Crippen MR) is 71.4 cm³/mol. The lowest BCUT2D eigenvalue weighted by Gasteiger charge is -2.27. The van der Waals surface area contributed by atoms with Crippen LogP contribution in [0.4, 0.5) is 18.9 Å². The first kappa shape index (κ1) is 15.4. The van der Waals surface area contributed by atoms with Gasteiger partial charge in [0.05, 0.1) is 17.1 Å². The fourth-order valence-electron chi connectivity index (χ4n) is 2.25. The van der Waals surface area contributed by atoms with Gasteiger partial charge in [-0.1, -0.05) is 6.08 Å². The number of aromatic nitrogens is 2. The lowest BCUT2D eigenvalue weighted by Crippen LogP contribution is -2.39. The Morgan fingerprint density at radius 3 is 2.52 bits per heavy atom. The second kappa shape index (κ2) is 5.42. The molecule has 5 nitrogen and oxygen atoms in total. The Labute approximate surface area is 120 Å². The number of halogens is 3. The van der Waals surface area contributed by atoms with Crippen molar-refractivity contribution in [1.82, 2.24) is 14.7 Å². The maximum atomic E-state index is 12.5. The van der Waals surface area contributed by atoms with E-state index in [0.29, 0.717) is 17.1 Å². The molecule has 2 N–H and O–H groups in total. The average molecular weight is 302 g/mol. The number of nitrogens with two attached hydrogens (primary N) is 1. The number of carbonyl (C=O) groups is 1. The molecule has 0 radical (unpaired) electrons. The van der Waals surface area contributed by atoms with Crippen LogP contribution in [0.25, 0.3) is 0 Å². The Kier molecular flexibility index (Phi) is 3.97. The smallest absolute Gasteiger partial charge is 0.396 e. The summed E-state index contributed by atoms with van der Waals surface area (Å²) in [6, 6.07) is 0. The van der Waals surface area contributed by atoms with E-state index in [1.165, 1.54) is 9.58 Å². The summed E-state index contributed by atoms with van der Waals surface area (Å²) in [7, 11) is 0. The number of anilines is 1. The normalized spacial score (nSPS) is 16.0. The monoisotopic (exact) mass is 302 g/mol. The molecule has 1 aliphatic rings. The fourth-order valence-corrected chi connectivity index (χ4v) is 2.25. The van der Waals surface area contributed by atoms with Crippen molar-refractivity contribution in [2.24, 2.45) is 0 Å². The number of hydrogen-bond acceptors (Lipinski definition) is 3. The van der Waals surface area contributed by atoms with Gasteiger partial charge >= 0.3 is 6.18 Å². The van der Waals surface area contributed by atoms with Gasteiger partial charge in [0.1, 0.15) is 6.54 Å². The van der Waals surface area contributed by atoms with Crippen LogP contribution in [0.2, 0.25) is 0 Å². The lowest BCUT2D eigenvalue weighted by molar-refractivity contribution is -0.133. The van der Waals surface area contributed by atoms with E-state index in [4.69, 9.17) is 5.73 Å². The van der Waals surface area contributed by atoms with Crippen LogP contribution in [0.5, 0.6) is 0 Å². The molecule has 0 spiro atoms. The number of amides is 1. The molecule has 0 unspecified atom stereocenters. The summed E-state index contributed by atoms with van der Waals surface area (Å²) in [6.45, 7) is 3.52. The van der Waals surface area contributed by atoms with E-state index in [2.05, 4.69) is 5.10 Å². The molecule has 2 heterocycles. The van der Waals surface area contributed by atoms with Crippen molar-refractivity contribution in [2.45, 2.75) is 33.0 Å². The van der Waals surface area contributed by atoms with Crippen LogP contribution >= 0.6 is 0 Å². The largest absolute Gasteiger partial charge is 0.412 e. The summed E-state index contributed by atoms with van der Waals surface area (Å²) >= 11 is 0. The molecule has 0 aliphatic carbocycles. The van der Waals surface area contributed by atoms with Crippen LogP contribution in [0.1, 0.15) is 17.8 Å². The maximum Gasteiger partial charge on any atom is 0.412 e. The van der Waals surface area contributed by atoms with Gasteiger partial charge < -0.3 is 10.6 Å². The highest BCUT2D eigenvalue weighted by Gasteiger charge is 2.35. The van der Waals surface area contributed by atoms with Crippen molar-refractivity contribution in [1.29, 1.82) is 0 Å². The predicted octanol–water partition coefficient (Wildman–Crippen LogP) is 1.80. The molecule has 0 bridgehead atoms. The van der Waals surface area contributed by atoms with Gasteiger partial charge in [-0.05, 0) is 20.3 Å². The third-order valence-corrected chi connectivity index (χ3v) is 3.65. The van der Waals surface area contributed by atoms with Gasteiger partial charge in [-0.25, -0.2) is 0 Å². The van der Waals surface area contributed by atoms with Gasteiger partial charge in [0.2, 0.25) is 5.91 Å². The van der Waals surface area contributed by atoms with E-state index in [0.717, 1.165) is 6.08 Å². The molecule has 1 aromatic rings. The van der Waals surface area contributed by atoms with E-state index in [1.54, 1.807) is 13.8 Å². The highest BCUT2D eigenvalue weighted by Crippen LogP contribution is 2.30. The number of rotatable bonds is 2. The van der Waals surface area contributed by atoms with Gasteiger partial charge in [-0.15, -0.1) is 0 Å². The highest BCUT2D eigenvalue weighted by atomic mass is 19.4. The third-order valence-electron chi connectivity index (χ3n) is 3.65. The highest BCUT2D eigenvalue weighted by molar-refractivity contribution is 5.76.